The van der Waals surface area contributed by atoms with Gasteiger partial charge < -0.3 is 10.1 Å². The second-order valence-corrected chi connectivity index (χ2v) is 5.76. The van der Waals surface area contributed by atoms with Gasteiger partial charge in [-0.05, 0) is 39.5 Å². The van der Waals surface area contributed by atoms with E-state index in [0.717, 1.165) is 56.1 Å². The lowest BCUT2D eigenvalue weighted by atomic mass is 9.98. The van der Waals surface area contributed by atoms with E-state index in [9.17, 15) is 4.79 Å². The Morgan fingerprint density at radius 3 is 2.25 bits per heavy atom. The smallest absolute Gasteiger partial charge is 0.255 e. The van der Waals surface area contributed by atoms with Crippen LogP contribution >= 0.6 is 0 Å². The van der Waals surface area contributed by atoms with Crippen molar-refractivity contribution in [2.75, 3.05) is 13.2 Å². The number of nitrogens with one attached hydrogen (secondary N) is 1. The molecule has 2 heterocycles. The van der Waals surface area contributed by atoms with Crippen molar-refractivity contribution in [1.82, 2.24) is 15.3 Å². The van der Waals surface area contributed by atoms with Gasteiger partial charge in [-0.25, -0.2) is 9.97 Å². The van der Waals surface area contributed by atoms with Gasteiger partial charge >= 0.3 is 0 Å². The highest BCUT2D eigenvalue weighted by Crippen LogP contribution is 2.26. The van der Waals surface area contributed by atoms with Gasteiger partial charge in [0.2, 0.25) is 0 Å². The quantitative estimate of drug-likeness (QED) is 0.914. The van der Waals surface area contributed by atoms with E-state index in [1.54, 1.807) is 0 Å². The third-order valence-electron chi connectivity index (χ3n) is 4.01. The summed E-state index contributed by atoms with van der Waals surface area (Å²) in [5.41, 5.74) is 2.22. The maximum atomic E-state index is 12.2. The minimum absolute atomic E-state index is 0.0268. The number of rotatable bonds is 3. The van der Waals surface area contributed by atoms with Crippen LogP contribution < -0.4 is 5.32 Å². The fourth-order valence-corrected chi connectivity index (χ4v) is 2.69. The molecule has 0 spiro atoms. The Morgan fingerprint density at radius 2 is 1.70 bits per heavy atom. The van der Waals surface area contributed by atoms with E-state index in [2.05, 4.69) is 15.3 Å². The zero-order chi connectivity index (χ0) is 14.1. The van der Waals surface area contributed by atoms with Crippen LogP contribution in [0.15, 0.2) is 0 Å². The van der Waals surface area contributed by atoms with E-state index in [-0.39, 0.29) is 5.91 Å². The number of ether oxygens (including phenoxy) is 1. The van der Waals surface area contributed by atoms with Gasteiger partial charge in [-0.3, -0.25) is 4.79 Å². The normalized spacial score (nSPS) is 19.9. The van der Waals surface area contributed by atoms with Gasteiger partial charge in [0, 0.05) is 25.2 Å². The molecule has 1 amide bonds. The molecule has 0 radical (unpaired) electrons. The molecule has 2 fully saturated rings. The van der Waals surface area contributed by atoms with Crippen LogP contribution in [0.4, 0.5) is 0 Å². The Labute approximate surface area is 119 Å². The molecule has 0 aromatic carbocycles. The van der Waals surface area contributed by atoms with Crippen molar-refractivity contribution in [3.8, 4) is 0 Å². The second kappa shape index (κ2) is 5.48. The number of amides is 1. The summed E-state index contributed by atoms with van der Waals surface area (Å²) in [6, 6.07) is 0.358. The molecule has 3 rings (SSSR count). The molecule has 20 heavy (non-hydrogen) atoms. The third kappa shape index (κ3) is 2.82. The second-order valence-electron chi connectivity index (χ2n) is 5.76. The van der Waals surface area contributed by atoms with E-state index in [4.69, 9.17) is 4.74 Å². The van der Waals surface area contributed by atoms with Crippen LogP contribution in [-0.2, 0) is 4.74 Å². The number of carbonyl (C=O) groups excluding carboxylic acids is 1. The summed E-state index contributed by atoms with van der Waals surface area (Å²) in [5, 5.41) is 3.01. The molecule has 1 saturated heterocycles. The summed E-state index contributed by atoms with van der Waals surface area (Å²) in [5.74, 6) is 1.20. The van der Waals surface area contributed by atoms with Crippen molar-refractivity contribution < 1.29 is 9.53 Å². The van der Waals surface area contributed by atoms with E-state index in [1.807, 2.05) is 13.8 Å². The van der Waals surface area contributed by atoms with Gasteiger partial charge in [-0.2, -0.15) is 0 Å². The molecule has 1 aliphatic carbocycles. The van der Waals surface area contributed by atoms with Crippen molar-refractivity contribution in [1.29, 1.82) is 0 Å². The summed E-state index contributed by atoms with van der Waals surface area (Å²) in [4.78, 5) is 21.4. The van der Waals surface area contributed by atoms with Gasteiger partial charge in [-0.15, -0.1) is 0 Å². The molecule has 5 nitrogen and oxygen atoms in total. The lowest BCUT2D eigenvalue weighted by molar-refractivity contribution is 0.0834. The first-order valence-electron chi connectivity index (χ1n) is 7.39. The highest BCUT2D eigenvalue weighted by Gasteiger charge is 2.27. The average molecular weight is 275 g/mol. The van der Waals surface area contributed by atoms with Crippen LogP contribution in [0.25, 0.3) is 0 Å². The van der Waals surface area contributed by atoms with Crippen molar-refractivity contribution in [3.05, 3.63) is 22.8 Å². The molecule has 1 N–H and O–H groups in total. The summed E-state index contributed by atoms with van der Waals surface area (Å²) < 4.78 is 5.37. The van der Waals surface area contributed by atoms with Crippen LogP contribution in [0.1, 0.15) is 59.2 Å². The highest BCUT2D eigenvalue weighted by molar-refractivity contribution is 5.96. The molecule has 2 aliphatic rings. The molecule has 0 atom stereocenters. The van der Waals surface area contributed by atoms with Crippen molar-refractivity contribution in [2.24, 2.45) is 0 Å². The maximum absolute atomic E-state index is 12.2. The Morgan fingerprint density at radius 1 is 1.10 bits per heavy atom. The standard InChI is InChI=1S/C15H21N3O2/c1-9-13(15(19)18-12-3-4-12)10(2)17-14(16-9)11-5-7-20-8-6-11/h11-12H,3-8H2,1-2H3,(H,18,19). The summed E-state index contributed by atoms with van der Waals surface area (Å²) in [7, 11) is 0. The zero-order valence-corrected chi connectivity index (χ0v) is 12.1. The fourth-order valence-electron chi connectivity index (χ4n) is 2.69. The van der Waals surface area contributed by atoms with E-state index in [0.29, 0.717) is 17.5 Å². The number of nitrogens with zero attached hydrogens (tertiary/aromatic N) is 2. The molecular formula is C15H21N3O2. The van der Waals surface area contributed by atoms with Crippen molar-refractivity contribution in [2.45, 2.75) is 51.5 Å². The summed E-state index contributed by atoms with van der Waals surface area (Å²) in [6.07, 6.45) is 4.11. The molecule has 108 valence electrons. The van der Waals surface area contributed by atoms with Crippen LogP contribution in [0.3, 0.4) is 0 Å². The third-order valence-corrected chi connectivity index (χ3v) is 4.01. The number of hydrogen-bond donors (Lipinski definition) is 1. The molecular weight excluding hydrogens is 254 g/mol. The molecule has 1 aliphatic heterocycles. The van der Waals surface area contributed by atoms with Crippen LogP contribution in [0.5, 0.6) is 0 Å². The van der Waals surface area contributed by atoms with Crippen molar-refractivity contribution in [3.63, 3.8) is 0 Å². The number of hydrogen-bond acceptors (Lipinski definition) is 4. The Kier molecular flexibility index (Phi) is 3.70. The molecule has 0 bridgehead atoms. The molecule has 1 saturated carbocycles. The Hall–Kier alpha value is -1.49. The molecule has 0 unspecified atom stereocenters. The zero-order valence-electron chi connectivity index (χ0n) is 12.1. The summed E-state index contributed by atoms with van der Waals surface area (Å²) >= 11 is 0. The maximum Gasteiger partial charge on any atom is 0.255 e. The first kappa shape index (κ1) is 13.5. The lowest BCUT2D eigenvalue weighted by Crippen LogP contribution is -2.28. The minimum Gasteiger partial charge on any atom is -0.381 e. The number of aryl methyl sites for hydroxylation is 2. The van der Waals surface area contributed by atoms with Crippen molar-refractivity contribution >= 4 is 5.91 Å². The monoisotopic (exact) mass is 275 g/mol. The first-order valence-corrected chi connectivity index (χ1v) is 7.39. The largest absolute Gasteiger partial charge is 0.381 e. The predicted octanol–water partition coefficient (Wildman–Crippen LogP) is 1.88. The van der Waals surface area contributed by atoms with Gasteiger partial charge in [0.1, 0.15) is 5.82 Å². The lowest BCUT2D eigenvalue weighted by Gasteiger charge is -2.22. The van der Waals surface area contributed by atoms with E-state index < -0.39 is 0 Å². The van der Waals surface area contributed by atoms with E-state index >= 15 is 0 Å². The molecule has 5 heteroatoms. The molecule has 1 aromatic rings. The van der Waals surface area contributed by atoms with Gasteiger partial charge in [0.15, 0.2) is 0 Å². The Bertz CT molecular complexity index is 497. The van der Waals surface area contributed by atoms with Gasteiger partial charge in [-0.1, -0.05) is 0 Å². The van der Waals surface area contributed by atoms with Gasteiger partial charge in [0.25, 0.3) is 5.91 Å². The van der Waals surface area contributed by atoms with Crippen LogP contribution in [0, 0.1) is 13.8 Å². The molecule has 1 aromatic heterocycles. The predicted molar refractivity (Wildman–Crippen MR) is 74.8 cm³/mol. The Balaban J connectivity index is 1.83. The van der Waals surface area contributed by atoms with Crippen LogP contribution in [-0.4, -0.2) is 35.1 Å². The average Bonchev–Trinajstić information content (AvgIpc) is 3.22. The topological polar surface area (TPSA) is 64.1 Å². The fraction of sp³-hybridized carbons (Fsp3) is 0.667. The highest BCUT2D eigenvalue weighted by atomic mass is 16.5. The van der Waals surface area contributed by atoms with Crippen LogP contribution in [0.2, 0.25) is 0 Å². The first-order chi connectivity index (χ1) is 9.65. The van der Waals surface area contributed by atoms with E-state index in [1.165, 1.54) is 0 Å². The minimum atomic E-state index is -0.0268. The summed E-state index contributed by atoms with van der Waals surface area (Å²) in [6.45, 7) is 5.35. The van der Waals surface area contributed by atoms with Gasteiger partial charge in [0.05, 0.1) is 17.0 Å². The SMILES string of the molecule is Cc1nc(C2CCOCC2)nc(C)c1C(=O)NC1CC1. The number of aromatic nitrogens is 2. The number of carbonyl (C=O) groups is 1.